The molecule has 3 aromatic rings. The number of hydrogen-bond donors (Lipinski definition) is 1. The molecule has 0 radical (unpaired) electrons. The molecule has 1 N–H and O–H groups in total. The Morgan fingerprint density at radius 2 is 1.91 bits per heavy atom. The van der Waals surface area contributed by atoms with E-state index >= 15 is 0 Å². The summed E-state index contributed by atoms with van der Waals surface area (Å²) in [6.07, 6.45) is 0.994. The van der Waals surface area contributed by atoms with Gasteiger partial charge in [0, 0.05) is 11.6 Å². The zero-order valence-corrected chi connectivity index (χ0v) is 12.8. The number of nitrogens with one attached hydrogen (secondary N) is 1. The third kappa shape index (κ3) is 3.50. The molecule has 2 heterocycles. The molecule has 0 unspecified atom stereocenters. The van der Waals surface area contributed by atoms with Crippen LogP contribution in [-0.4, -0.2) is 26.4 Å². The van der Waals surface area contributed by atoms with Gasteiger partial charge < -0.3 is 9.84 Å². The summed E-state index contributed by atoms with van der Waals surface area (Å²) in [6.45, 7) is 4.16. The van der Waals surface area contributed by atoms with Gasteiger partial charge in [0.2, 0.25) is 5.82 Å². The molecule has 0 amide bonds. The van der Waals surface area contributed by atoms with Crippen molar-refractivity contribution in [1.29, 1.82) is 0 Å². The van der Waals surface area contributed by atoms with Crippen molar-refractivity contribution in [2.24, 2.45) is 0 Å². The second-order valence-corrected chi connectivity index (χ2v) is 5.19. The Balaban J connectivity index is 1.78. The van der Waals surface area contributed by atoms with Crippen LogP contribution in [0.2, 0.25) is 0 Å². The number of hydrogen-bond acceptors (Lipinski definition) is 6. The molecular formula is C16H16FN5O. The van der Waals surface area contributed by atoms with Gasteiger partial charge in [-0.1, -0.05) is 12.1 Å². The Hall–Kier alpha value is -2.83. The molecule has 0 spiro atoms. The van der Waals surface area contributed by atoms with E-state index in [1.807, 2.05) is 6.07 Å². The summed E-state index contributed by atoms with van der Waals surface area (Å²) >= 11 is 0. The van der Waals surface area contributed by atoms with Gasteiger partial charge in [0.15, 0.2) is 5.69 Å². The molecule has 3 rings (SSSR count). The fourth-order valence-electron chi connectivity index (χ4n) is 1.92. The summed E-state index contributed by atoms with van der Waals surface area (Å²) < 4.78 is 18.1. The standard InChI is InChI=1S/C16H16FN5O/c1-3-10(2)18-14-9-8-13(20-21-14)16-19-15(22-23-16)11-4-6-12(17)7-5-11/h4-10H,3H2,1-2H3,(H,18,21)/t10-/m0/s1. The van der Waals surface area contributed by atoms with Gasteiger partial charge in [-0.3, -0.25) is 0 Å². The minimum absolute atomic E-state index is 0.270. The SMILES string of the molecule is CC[C@H](C)Nc1ccc(-c2nc(-c3ccc(F)cc3)no2)nn1. The fraction of sp³-hybridized carbons (Fsp3) is 0.250. The van der Waals surface area contributed by atoms with Crippen LogP contribution >= 0.6 is 0 Å². The van der Waals surface area contributed by atoms with Crippen molar-refractivity contribution >= 4 is 5.82 Å². The van der Waals surface area contributed by atoms with Crippen LogP contribution in [0.15, 0.2) is 40.9 Å². The zero-order chi connectivity index (χ0) is 16.2. The number of aromatic nitrogens is 4. The molecule has 0 fully saturated rings. The van der Waals surface area contributed by atoms with Crippen molar-refractivity contribution in [2.75, 3.05) is 5.32 Å². The highest BCUT2D eigenvalue weighted by Gasteiger charge is 2.12. The maximum atomic E-state index is 12.9. The van der Waals surface area contributed by atoms with E-state index in [4.69, 9.17) is 4.52 Å². The first-order chi connectivity index (χ1) is 11.2. The monoisotopic (exact) mass is 313 g/mol. The number of nitrogens with zero attached hydrogens (tertiary/aromatic N) is 4. The number of benzene rings is 1. The zero-order valence-electron chi connectivity index (χ0n) is 12.8. The smallest absolute Gasteiger partial charge is 0.278 e. The van der Waals surface area contributed by atoms with E-state index in [0.717, 1.165) is 6.42 Å². The van der Waals surface area contributed by atoms with Crippen LogP contribution in [-0.2, 0) is 0 Å². The number of anilines is 1. The Morgan fingerprint density at radius 1 is 1.13 bits per heavy atom. The topological polar surface area (TPSA) is 76.7 Å². The Bertz CT molecular complexity index is 770. The van der Waals surface area contributed by atoms with Crippen molar-refractivity contribution < 1.29 is 8.91 Å². The van der Waals surface area contributed by atoms with Crippen molar-refractivity contribution in [3.05, 3.63) is 42.2 Å². The van der Waals surface area contributed by atoms with E-state index in [0.29, 0.717) is 28.9 Å². The van der Waals surface area contributed by atoms with Crippen LogP contribution in [0.1, 0.15) is 20.3 Å². The molecule has 7 heteroatoms. The minimum Gasteiger partial charge on any atom is -0.366 e. The van der Waals surface area contributed by atoms with Crippen molar-refractivity contribution in [3.8, 4) is 23.0 Å². The Kier molecular flexibility index (Phi) is 4.27. The predicted molar refractivity (Wildman–Crippen MR) is 84.1 cm³/mol. The maximum absolute atomic E-state index is 12.9. The average Bonchev–Trinajstić information content (AvgIpc) is 3.06. The molecule has 6 nitrogen and oxygen atoms in total. The van der Waals surface area contributed by atoms with E-state index in [9.17, 15) is 4.39 Å². The van der Waals surface area contributed by atoms with Gasteiger partial charge in [-0.2, -0.15) is 4.98 Å². The molecule has 0 bridgehead atoms. The minimum atomic E-state index is -0.312. The molecule has 0 aliphatic heterocycles. The summed E-state index contributed by atoms with van der Waals surface area (Å²) in [5, 5.41) is 15.3. The third-order valence-corrected chi connectivity index (χ3v) is 3.42. The molecule has 2 aromatic heterocycles. The number of halogens is 1. The first-order valence-electron chi connectivity index (χ1n) is 7.36. The van der Waals surface area contributed by atoms with E-state index in [2.05, 4.69) is 39.5 Å². The van der Waals surface area contributed by atoms with Crippen LogP contribution in [0, 0.1) is 5.82 Å². The molecule has 0 saturated heterocycles. The molecule has 0 saturated carbocycles. The lowest BCUT2D eigenvalue weighted by atomic mass is 10.2. The first kappa shape index (κ1) is 15.1. The lowest BCUT2D eigenvalue weighted by Gasteiger charge is -2.10. The molecule has 1 aromatic carbocycles. The number of rotatable bonds is 5. The average molecular weight is 313 g/mol. The molecule has 1 atom stereocenters. The van der Waals surface area contributed by atoms with Crippen LogP contribution in [0.25, 0.3) is 23.0 Å². The van der Waals surface area contributed by atoms with Gasteiger partial charge in [0.05, 0.1) is 0 Å². The van der Waals surface area contributed by atoms with Crippen molar-refractivity contribution in [1.82, 2.24) is 20.3 Å². The molecule has 0 aliphatic rings. The first-order valence-corrected chi connectivity index (χ1v) is 7.36. The Labute approximate surface area is 132 Å². The highest BCUT2D eigenvalue weighted by Crippen LogP contribution is 2.21. The molecule has 23 heavy (non-hydrogen) atoms. The normalized spacial score (nSPS) is 12.1. The largest absolute Gasteiger partial charge is 0.366 e. The summed E-state index contributed by atoms with van der Waals surface area (Å²) in [7, 11) is 0. The predicted octanol–water partition coefficient (Wildman–Crippen LogP) is 3.54. The summed E-state index contributed by atoms with van der Waals surface area (Å²) in [6, 6.07) is 9.78. The van der Waals surface area contributed by atoms with Gasteiger partial charge in [0.1, 0.15) is 11.6 Å². The summed E-state index contributed by atoms with van der Waals surface area (Å²) in [4.78, 5) is 4.26. The van der Waals surface area contributed by atoms with Gasteiger partial charge in [0.25, 0.3) is 5.89 Å². The molecule has 118 valence electrons. The second kappa shape index (κ2) is 6.51. The Morgan fingerprint density at radius 3 is 2.57 bits per heavy atom. The maximum Gasteiger partial charge on any atom is 0.278 e. The fourth-order valence-corrected chi connectivity index (χ4v) is 1.92. The van der Waals surface area contributed by atoms with Crippen LogP contribution in [0.4, 0.5) is 10.2 Å². The quantitative estimate of drug-likeness (QED) is 0.776. The molecular weight excluding hydrogens is 297 g/mol. The van der Waals surface area contributed by atoms with E-state index in [1.54, 1.807) is 18.2 Å². The van der Waals surface area contributed by atoms with Crippen LogP contribution < -0.4 is 5.32 Å². The lowest BCUT2D eigenvalue weighted by Crippen LogP contribution is -2.14. The van der Waals surface area contributed by atoms with E-state index < -0.39 is 0 Å². The van der Waals surface area contributed by atoms with Gasteiger partial charge in [-0.05, 0) is 49.7 Å². The molecule has 0 aliphatic carbocycles. The summed E-state index contributed by atoms with van der Waals surface area (Å²) in [5.41, 5.74) is 1.16. The van der Waals surface area contributed by atoms with Crippen molar-refractivity contribution in [2.45, 2.75) is 26.3 Å². The lowest BCUT2D eigenvalue weighted by molar-refractivity contribution is 0.430. The van der Waals surface area contributed by atoms with E-state index in [1.165, 1.54) is 12.1 Å². The second-order valence-electron chi connectivity index (χ2n) is 5.19. The van der Waals surface area contributed by atoms with E-state index in [-0.39, 0.29) is 11.7 Å². The third-order valence-electron chi connectivity index (χ3n) is 3.42. The van der Waals surface area contributed by atoms with Crippen LogP contribution in [0.5, 0.6) is 0 Å². The highest BCUT2D eigenvalue weighted by atomic mass is 19.1. The van der Waals surface area contributed by atoms with Crippen molar-refractivity contribution in [3.63, 3.8) is 0 Å². The van der Waals surface area contributed by atoms with Gasteiger partial charge in [-0.25, -0.2) is 4.39 Å². The highest BCUT2D eigenvalue weighted by molar-refractivity contribution is 5.57. The summed E-state index contributed by atoms with van der Waals surface area (Å²) in [5.74, 6) is 1.03. The van der Waals surface area contributed by atoms with Gasteiger partial charge in [-0.15, -0.1) is 10.2 Å². The van der Waals surface area contributed by atoms with Gasteiger partial charge >= 0.3 is 0 Å². The van der Waals surface area contributed by atoms with Crippen LogP contribution in [0.3, 0.4) is 0 Å².